The van der Waals surface area contributed by atoms with Gasteiger partial charge in [-0.3, -0.25) is 56.4 Å². The number of hydrogen-bond acceptors (Lipinski definition) is 44. The number of esters is 4. The van der Waals surface area contributed by atoms with Gasteiger partial charge in [0.2, 0.25) is 47.4 Å². The van der Waals surface area contributed by atoms with Gasteiger partial charge >= 0.3 is 45.0 Å². The lowest BCUT2D eigenvalue weighted by Crippen LogP contribution is -2.31. The van der Waals surface area contributed by atoms with E-state index in [4.69, 9.17) is 138 Å². The number of aryl methyl sites for hydroxylation is 1. The molecular weight excluding hydrogens is 1710 g/mol. The molecule has 0 saturated heterocycles. The molecule has 680 valence electrons. The molecule has 1 aromatic carbocycles. The monoisotopic (exact) mass is 1820 g/mol. The first-order valence-electron chi connectivity index (χ1n) is 35.7. The van der Waals surface area contributed by atoms with Gasteiger partial charge in [-0.2, -0.15) is 48.3 Å². The number of ether oxygens (including phenoxy) is 12. The molecule has 0 radical (unpaired) electrons. The molecule has 0 spiro atoms. The lowest BCUT2D eigenvalue weighted by Gasteiger charge is -2.13. The van der Waals surface area contributed by atoms with Crippen LogP contribution in [-0.2, 0) is 138 Å². The number of carboxylic acids is 1. The number of H-pyrrole nitrogens is 1. The van der Waals surface area contributed by atoms with Crippen molar-refractivity contribution in [1.82, 2.24) is 49.4 Å². The normalized spacial score (nSPS) is 11.2. The third-order valence-electron chi connectivity index (χ3n) is 13.4. The maximum Gasteiger partial charge on any atom is 0.350 e. The Balaban J connectivity index is 0.000000731. The molecule has 6 aromatic rings. The molecule has 5 heterocycles. The van der Waals surface area contributed by atoms with Crippen molar-refractivity contribution >= 4 is 128 Å². The molecule has 0 aliphatic heterocycles. The highest BCUT2D eigenvalue weighted by molar-refractivity contribution is 7.86. The van der Waals surface area contributed by atoms with Crippen molar-refractivity contribution in [2.45, 2.75) is 85.1 Å². The molecular formula is C65H108N20O31P4S. The first-order chi connectivity index (χ1) is 56.4. The highest BCUT2D eigenvalue weighted by Crippen LogP contribution is 2.37. The van der Waals surface area contributed by atoms with Gasteiger partial charge in [-0.1, -0.05) is 17.7 Å². The minimum Gasteiger partial charge on any atom is -0.481 e. The second-order valence-electron chi connectivity index (χ2n) is 24.8. The van der Waals surface area contributed by atoms with Crippen LogP contribution in [0.2, 0.25) is 0 Å². The predicted octanol–water partition coefficient (Wildman–Crippen LogP) is -0.315. The van der Waals surface area contributed by atoms with E-state index in [1.807, 2.05) is 13.8 Å². The Kier molecular flexibility index (Phi) is 49.0. The number of aromatic amines is 1. The fraction of sp³-hybridized carbons (Fsp3) is 0.523. The number of nitrogens with zero attached hydrogens (tertiary/aromatic N) is 9. The molecule has 5 aromatic heterocycles. The number of carbonyl (C=O) groups excluding carboxylic acids is 4. The zero-order valence-corrected chi connectivity index (χ0v) is 72.5. The molecule has 0 aliphatic rings. The number of carboxylic acid groups (broad SMARTS) is 1. The molecule has 56 heteroatoms. The maximum absolute atomic E-state index is 12.4. The number of nitrogens with two attached hydrogens (primary N) is 10. The van der Waals surface area contributed by atoms with Crippen molar-refractivity contribution in [3.05, 3.63) is 78.4 Å². The van der Waals surface area contributed by atoms with E-state index in [-0.39, 0.29) is 234 Å². The average molecular weight is 1820 g/mol. The van der Waals surface area contributed by atoms with E-state index in [0.29, 0.717) is 12.2 Å². The Morgan fingerprint density at radius 2 is 0.769 bits per heavy atom. The highest BCUT2D eigenvalue weighted by Gasteiger charge is 2.24. The van der Waals surface area contributed by atoms with E-state index >= 15 is 0 Å². The summed E-state index contributed by atoms with van der Waals surface area (Å²) in [5, 5.41) is 8.78. The minimum absolute atomic E-state index is 0.0113. The number of hydrogen-bond donors (Lipinski definition) is 16. The minimum atomic E-state index is -4.24. The Hall–Kier alpha value is -10.6. The zero-order valence-electron chi connectivity index (χ0n) is 68.1. The molecule has 0 unspecified atom stereocenters. The van der Waals surface area contributed by atoms with Gasteiger partial charge in [0.1, 0.15) is 75.9 Å². The summed E-state index contributed by atoms with van der Waals surface area (Å²) in [6.07, 6.45) is -2.43. The van der Waals surface area contributed by atoms with Gasteiger partial charge < -0.3 is 148 Å². The van der Waals surface area contributed by atoms with Gasteiger partial charge in [0.15, 0.2) is 0 Å². The van der Waals surface area contributed by atoms with Crippen LogP contribution in [0.1, 0.15) is 68.0 Å². The molecule has 0 aliphatic carbocycles. The van der Waals surface area contributed by atoms with E-state index in [0.717, 1.165) is 5.56 Å². The van der Waals surface area contributed by atoms with Crippen LogP contribution in [0.25, 0.3) is 0 Å². The molecule has 0 amide bonds. The summed E-state index contributed by atoms with van der Waals surface area (Å²) in [7, 11) is -16.6. The van der Waals surface area contributed by atoms with Gasteiger partial charge in [0, 0.05) is 6.61 Å². The van der Waals surface area contributed by atoms with Crippen molar-refractivity contribution in [2.75, 3.05) is 202 Å². The van der Waals surface area contributed by atoms with Crippen LogP contribution in [0.3, 0.4) is 0 Å². The number of benzene rings is 1. The van der Waals surface area contributed by atoms with Gasteiger partial charge in [0.25, 0.3) is 21.2 Å². The first-order valence-corrected chi connectivity index (χ1v) is 46.3. The predicted molar refractivity (Wildman–Crippen MR) is 440 cm³/mol. The molecule has 0 fully saturated rings. The van der Waals surface area contributed by atoms with E-state index < -0.39 is 99.7 Å². The number of nitrogens with one attached hydrogen (secondary N) is 1. The Morgan fingerprint density at radius 3 is 1.12 bits per heavy atom. The van der Waals surface area contributed by atoms with Crippen LogP contribution in [-0.4, -0.2) is 257 Å². The van der Waals surface area contributed by atoms with Crippen LogP contribution in [0, 0.1) is 6.92 Å². The standard InChI is InChI=1S/2C13H23N4O5P.C11H19N4O7P.C11H16O4S.C9H15N4O7P.C8H12N4O3/c1-4-21-10(18)7-9-11(14)16-13(15)17-12(9)22-6-5-20-8-23(2,3)19;1-4-22-10(18)7-9-11(14)16-13(15)17(12(9)19)5-6-21-8-23(2,3)20;1-2-21-8(16)5-7-9(12)14-11(13)15-10(7)22-4-3-20-6-23(17,18)19;1-3-14-8-9-15-16(12,13)11-6-4-10(2)5-7-11;10-7-5(3-6(14)15)8(13-9(11)12-7)20-2-1-19-4-21(16,17)18;1-2-15-5(13)3-4-6(9)11-8(10)12-7(4)14/h4-8H2,1-3H3,(H4,14,15,16,17);4-8,14H2,1-3H3,(H2,15,16);2-6H2,1H3,(H2,17,18,19)(H4,12,13,14,15);4-7H,3,8-9H2,1-2H3;1-4H2,(H,14,15)(H2,16,17,18)(H4,10,11,12,13);2-3H2,1H3,(H5,9,10,11,12,14). The summed E-state index contributed by atoms with van der Waals surface area (Å²) >= 11 is 0. The number of aromatic nitrogens is 10. The van der Waals surface area contributed by atoms with E-state index in [1.165, 1.54) is 16.7 Å². The molecule has 121 heavy (non-hydrogen) atoms. The van der Waals surface area contributed by atoms with Crippen molar-refractivity contribution < 1.29 is 136 Å². The average Bonchev–Trinajstić information content (AvgIpc) is 0.801. The Bertz CT molecular complexity index is 4660. The second kappa shape index (κ2) is 54.7. The van der Waals surface area contributed by atoms with Crippen molar-refractivity contribution in [1.29, 1.82) is 0 Å². The fourth-order valence-corrected chi connectivity index (χ4v) is 11.2. The smallest absolute Gasteiger partial charge is 0.350 e. The summed E-state index contributed by atoms with van der Waals surface area (Å²) < 4.78 is 133. The largest absolute Gasteiger partial charge is 0.481 e. The van der Waals surface area contributed by atoms with Gasteiger partial charge in [-0.15, -0.1) is 0 Å². The molecule has 6 rings (SSSR count). The number of rotatable bonds is 43. The Morgan fingerprint density at radius 1 is 0.430 bits per heavy atom. The third kappa shape index (κ3) is 47.3. The molecule has 26 N–H and O–H groups in total. The summed E-state index contributed by atoms with van der Waals surface area (Å²) in [6, 6.07) is 6.54. The van der Waals surface area contributed by atoms with Crippen LogP contribution < -0.4 is 82.7 Å². The summed E-state index contributed by atoms with van der Waals surface area (Å²) in [6.45, 7) is 18.9. The van der Waals surface area contributed by atoms with E-state index in [2.05, 4.69) is 49.6 Å². The summed E-state index contributed by atoms with van der Waals surface area (Å²) in [4.78, 5) is 147. The molecule has 0 atom stereocenters. The topological polar surface area (TPSA) is 827 Å². The van der Waals surface area contributed by atoms with E-state index in [1.54, 1.807) is 66.5 Å². The number of nitrogen functional groups attached to an aromatic ring is 10. The summed E-state index contributed by atoms with van der Waals surface area (Å²) in [5.41, 5.74) is 56.2. The van der Waals surface area contributed by atoms with Crippen molar-refractivity contribution in [3.63, 3.8) is 0 Å². The number of aliphatic carboxylic acids is 1. The lowest BCUT2D eigenvalue weighted by molar-refractivity contribution is -0.143. The quantitative estimate of drug-likeness (QED) is 0.00767. The second-order valence-corrected chi connectivity index (χ2v) is 36.4. The number of anilines is 10. The van der Waals surface area contributed by atoms with Crippen LogP contribution >= 0.6 is 29.5 Å². The van der Waals surface area contributed by atoms with Crippen molar-refractivity contribution in [2.24, 2.45) is 0 Å². The van der Waals surface area contributed by atoms with Crippen LogP contribution in [0.15, 0.2) is 38.8 Å². The molecule has 0 bridgehead atoms. The SMILES string of the molecule is CCOC(=O)Cc1c(N)nc(N)[nH]c1=O.CCOC(=O)Cc1c(N)nc(N)n(CCOCP(C)(C)=O)c1=O.CCOC(=O)Cc1c(N)nc(N)nc1OCCOCP(=O)(O)O.CCOC(=O)Cc1c(N)nc(N)nc1OCCOCP(C)(C)=O.CCOCCOS(=O)(=O)c1ccc(C)cc1.Nc1nc(N)c(CC(=O)O)c(OCCOCP(=O)(O)O)n1. The zero-order chi connectivity index (χ0) is 92.0. The van der Waals surface area contributed by atoms with Crippen LogP contribution in [0.5, 0.6) is 17.6 Å². The van der Waals surface area contributed by atoms with Gasteiger partial charge in [0.05, 0.1) is 150 Å². The van der Waals surface area contributed by atoms with Gasteiger partial charge in [-0.25, -0.2) is 0 Å². The Labute approximate surface area is 694 Å². The maximum atomic E-state index is 12.4. The van der Waals surface area contributed by atoms with E-state index in [9.17, 15) is 60.2 Å². The van der Waals surface area contributed by atoms with Gasteiger partial charge in [-0.05, 0) is 80.3 Å². The fourth-order valence-electron chi connectivity index (χ4n) is 8.44. The molecule has 0 saturated carbocycles. The summed E-state index contributed by atoms with van der Waals surface area (Å²) in [5.74, 6) is -4.00. The third-order valence-corrected chi connectivity index (χ3v) is 17.4. The van der Waals surface area contributed by atoms with Crippen molar-refractivity contribution in [3.8, 4) is 17.6 Å². The van der Waals surface area contributed by atoms with Crippen LogP contribution in [0.4, 0.5) is 58.8 Å². The number of carbonyl (C=O) groups is 5. The first kappa shape index (κ1) is 108. The highest BCUT2D eigenvalue weighted by atomic mass is 32.2. The lowest BCUT2D eigenvalue weighted by atomic mass is 10.2. The molecule has 51 nitrogen and oxygen atoms in total.